The van der Waals surface area contributed by atoms with E-state index in [4.69, 9.17) is 4.74 Å². The van der Waals surface area contributed by atoms with Crippen LogP contribution in [0.3, 0.4) is 0 Å². The Morgan fingerprint density at radius 1 is 1.44 bits per heavy atom. The average Bonchev–Trinajstić information content (AvgIpc) is 2.37. The Morgan fingerprint density at radius 3 is 2.83 bits per heavy atom. The van der Waals surface area contributed by atoms with Crippen LogP contribution >= 0.6 is 15.9 Å². The molecule has 1 aromatic rings. The van der Waals surface area contributed by atoms with E-state index in [1.54, 1.807) is 0 Å². The molecule has 1 aliphatic heterocycles. The Bertz CT molecular complexity index is 436. The Balaban J connectivity index is 2.16. The van der Waals surface area contributed by atoms with Gasteiger partial charge in [-0.15, -0.1) is 0 Å². The zero-order valence-electron chi connectivity index (χ0n) is 10.7. The third-order valence-electron chi connectivity index (χ3n) is 3.16. The van der Waals surface area contributed by atoms with Crippen LogP contribution in [0.25, 0.3) is 0 Å². The molecule has 0 aromatic heterocycles. The minimum atomic E-state index is 0.0849. The summed E-state index contributed by atoms with van der Waals surface area (Å²) in [6, 6.07) is 7.72. The summed E-state index contributed by atoms with van der Waals surface area (Å²) in [5.41, 5.74) is 1.82. The molecule has 1 saturated heterocycles. The zero-order chi connectivity index (χ0) is 13.1. The zero-order valence-corrected chi connectivity index (χ0v) is 12.3. The van der Waals surface area contributed by atoms with Crippen LogP contribution in [-0.4, -0.2) is 41.4 Å². The van der Waals surface area contributed by atoms with Crippen molar-refractivity contribution in [3.05, 3.63) is 35.4 Å². The summed E-state index contributed by atoms with van der Waals surface area (Å²) in [5.74, 6) is 0.106. The molecule has 18 heavy (non-hydrogen) atoms. The number of aryl methyl sites for hydroxylation is 1. The van der Waals surface area contributed by atoms with Gasteiger partial charge in [0.15, 0.2) is 0 Å². The van der Waals surface area contributed by atoms with Gasteiger partial charge in [-0.2, -0.15) is 0 Å². The molecule has 1 heterocycles. The van der Waals surface area contributed by atoms with Crippen molar-refractivity contribution in [2.24, 2.45) is 0 Å². The second-order valence-corrected chi connectivity index (χ2v) is 5.40. The number of morpholine rings is 1. The number of halogens is 1. The molecular formula is C14H18BrNO2. The number of carbonyl (C=O) groups excluding carboxylic acids is 1. The smallest absolute Gasteiger partial charge is 0.254 e. The molecular weight excluding hydrogens is 294 g/mol. The highest BCUT2D eigenvalue weighted by Crippen LogP contribution is 2.17. The monoisotopic (exact) mass is 311 g/mol. The van der Waals surface area contributed by atoms with Crippen molar-refractivity contribution in [2.75, 3.05) is 18.4 Å². The van der Waals surface area contributed by atoms with Crippen LogP contribution in [0.2, 0.25) is 0 Å². The van der Waals surface area contributed by atoms with Crippen molar-refractivity contribution in [2.45, 2.75) is 26.1 Å². The quantitative estimate of drug-likeness (QED) is 0.786. The molecule has 1 aromatic carbocycles. The van der Waals surface area contributed by atoms with E-state index in [-0.39, 0.29) is 18.1 Å². The second kappa shape index (κ2) is 5.85. The maximum Gasteiger partial charge on any atom is 0.254 e. The average molecular weight is 312 g/mol. The third kappa shape index (κ3) is 2.93. The number of rotatable bonds is 2. The lowest BCUT2D eigenvalue weighted by molar-refractivity contribution is -0.0559. The highest BCUT2D eigenvalue weighted by molar-refractivity contribution is 9.09. The lowest BCUT2D eigenvalue weighted by atomic mass is 10.1. The Kier molecular flexibility index (Phi) is 4.40. The summed E-state index contributed by atoms with van der Waals surface area (Å²) in [6.07, 6.45) is 0.177. The van der Waals surface area contributed by atoms with Crippen molar-refractivity contribution in [1.29, 1.82) is 0 Å². The van der Waals surface area contributed by atoms with Gasteiger partial charge in [0.1, 0.15) is 0 Å². The lowest BCUT2D eigenvalue weighted by Gasteiger charge is -2.36. The number of amides is 1. The summed E-state index contributed by atoms with van der Waals surface area (Å²) < 4.78 is 5.74. The van der Waals surface area contributed by atoms with E-state index in [0.717, 1.165) is 16.5 Å². The number of alkyl halides is 1. The van der Waals surface area contributed by atoms with Gasteiger partial charge in [-0.05, 0) is 25.5 Å². The van der Waals surface area contributed by atoms with E-state index in [1.807, 2.05) is 43.0 Å². The first kappa shape index (κ1) is 13.6. The maximum absolute atomic E-state index is 12.5. The molecule has 0 saturated carbocycles. The summed E-state index contributed by atoms with van der Waals surface area (Å²) in [7, 11) is 0. The summed E-state index contributed by atoms with van der Waals surface area (Å²) in [4.78, 5) is 14.4. The van der Waals surface area contributed by atoms with Crippen molar-refractivity contribution in [1.82, 2.24) is 4.90 Å². The fourth-order valence-corrected chi connectivity index (χ4v) is 2.64. The topological polar surface area (TPSA) is 29.5 Å². The van der Waals surface area contributed by atoms with E-state index < -0.39 is 0 Å². The molecule has 3 nitrogen and oxygen atoms in total. The van der Waals surface area contributed by atoms with Gasteiger partial charge in [0, 0.05) is 24.0 Å². The number of ether oxygens (including phenoxy) is 1. The first-order valence-electron chi connectivity index (χ1n) is 6.18. The molecule has 2 atom stereocenters. The molecule has 1 aliphatic rings. The number of carbonyl (C=O) groups is 1. The van der Waals surface area contributed by atoms with E-state index >= 15 is 0 Å². The van der Waals surface area contributed by atoms with Gasteiger partial charge in [-0.3, -0.25) is 4.79 Å². The van der Waals surface area contributed by atoms with Gasteiger partial charge >= 0.3 is 0 Å². The molecule has 1 fully saturated rings. The first-order valence-corrected chi connectivity index (χ1v) is 7.30. The third-order valence-corrected chi connectivity index (χ3v) is 3.88. The van der Waals surface area contributed by atoms with Gasteiger partial charge in [-0.1, -0.05) is 34.1 Å². The van der Waals surface area contributed by atoms with E-state index in [0.29, 0.717) is 13.1 Å². The summed E-state index contributed by atoms with van der Waals surface area (Å²) in [5, 5.41) is 0.759. The number of hydrogen-bond donors (Lipinski definition) is 0. The molecule has 0 N–H and O–H groups in total. The molecule has 0 bridgehead atoms. The van der Waals surface area contributed by atoms with Crippen molar-refractivity contribution in [3.63, 3.8) is 0 Å². The first-order chi connectivity index (χ1) is 8.61. The van der Waals surface area contributed by atoms with Crippen LogP contribution < -0.4 is 0 Å². The van der Waals surface area contributed by atoms with Gasteiger partial charge in [0.05, 0.1) is 12.2 Å². The Hall–Kier alpha value is -0.870. The Labute approximate surface area is 116 Å². The van der Waals surface area contributed by atoms with Gasteiger partial charge in [-0.25, -0.2) is 0 Å². The van der Waals surface area contributed by atoms with Crippen LogP contribution in [0.1, 0.15) is 22.8 Å². The fourth-order valence-electron chi connectivity index (χ4n) is 2.28. The molecule has 0 spiro atoms. The van der Waals surface area contributed by atoms with Crippen molar-refractivity contribution in [3.8, 4) is 0 Å². The maximum atomic E-state index is 12.5. The lowest BCUT2D eigenvalue weighted by Crippen LogP contribution is -2.49. The number of benzene rings is 1. The molecule has 4 heteroatoms. The van der Waals surface area contributed by atoms with Crippen LogP contribution in [0.15, 0.2) is 24.3 Å². The van der Waals surface area contributed by atoms with Gasteiger partial charge in [0.25, 0.3) is 5.91 Å². The van der Waals surface area contributed by atoms with Gasteiger partial charge < -0.3 is 9.64 Å². The highest BCUT2D eigenvalue weighted by Gasteiger charge is 2.28. The molecule has 0 radical (unpaired) electrons. The molecule has 98 valence electrons. The number of hydrogen-bond acceptors (Lipinski definition) is 2. The number of nitrogens with zero attached hydrogens (tertiary/aromatic N) is 1. The minimum absolute atomic E-state index is 0.0849. The molecule has 2 unspecified atom stereocenters. The van der Waals surface area contributed by atoms with E-state index in [9.17, 15) is 4.79 Å². The molecule has 1 amide bonds. The summed E-state index contributed by atoms with van der Waals surface area (Å²) >= 11 is 3.42. The predicted molar refractivity (Wildman–Crippen MR) is 75.2 cm³/mol. The van der Waals surface area contributed by atoms with Crippen molar-refractivity contribution >= 4 is 21.8 Å². The molecule has 2 rings (SSSR count). The van der Waals surface area contributed by atoms with Crippen LogP contribution in [0.5, 0.6) is 0 Å². The van der Waals surface area contributed by atoms with Crippen molar-refractivity contribution < 1.29 is 9.53 Å². The van der Waals surface area contributed by atoms with Crippen LogP contribution in [-0.2, 0) is 4.74 Å². The van der Waals surface area contributed by atoms with Crippen LogP contribution in [0.4, 0.5) is 0 Å². The highest BCUT2D eigenvalue weighted by atomic mass is 79.9. The predicted octanol–water partition coefficient (Wildman–Crippen LogP) is 2.62. The van der Waals surface area contributed by atoms with Gasteiger partial charge in [0.2, 0.25) is 0 Å². The summed E-state index contributed by atoms with van der Waals surface area (Å²) in [6.45, 7) is 5.30. The normalized spacial score (nSPS) is 24.1. The van der Waals surface area contributed by atoms with Crippen LogP contribution in [0, 0.1) is 6.92 Å². The van der Waals surface area contributed by atoms with E-state index in [1.165, 1.54) is 0 Å². The second-order valence-electron chi connectivity index (χ2n) is 4.75. The SMILES string of the molecule is Cc1ccccc1C(=O)N1CC(C)OC(CBr)C1. The Morgan fingerprint density at radius 2 is 2.17 bits per heavy atom. The largest absolute Gasteiger partial charge is 0.371 e. The molecule has 0 aliphatic carbocycles. The fraction of sp³-hybridized carbons (Fsp3) is 0.500. The van der Waals surface area contributed by atoms with E-state index in [2.05, 4.69) is 15.9 Å². The standard InChI is InChI=1S/C14H18BrNO2/c1-10-5-3-4-6-13(10)14(17)16-8-11(2)18-12(7-15)9-16/h3-6,11-12H,7-9H2,1-2H3. The minimum Gasteiger partial charge on any atom is -0.371 e.